The largest absolute Gasteiger partial charge is 2.00 e. The number of hydrogen-bond donors (Lipinski definition) is 0. The van der Waals surface area contributed by atoms with Crippen LogP contribution < -0.4 is 0 Å². The zero-order valence-corrected chi connectivity index (χ0v) is 10.1. The maximum atomic E-state index is 11.0. The molecule has 0 atom stereocenters. The van der Waals surface area contributed by atoms with Crippen LogP contribution in [0.5, 0.6) is 0 Å². The first-order valence-corrected chi connectivity index (χ1v) is 4.37. The van der Waals surface area contributed by atoms with Crippen molar-refractivity contribution >= 4 is 34.8 Å². The molecular weight excluding hydrogens is 204 g/mol. The molecule has 0 N–H and O–H groups in total. The summed E-state index contributed by atoms with van der Waals surface area (Å²) >= 11 is 0. The molecule has 3 nitrogen and oxygen atoms in total. The van der Waals surface area contributed by atoms with Crippen LogP contribution in [0.4, 0.5) is 0 Å². The number of Topliss-reactive ketones (excluding diaryl/α,β-unsaturated/α-hetero) is 1. The molecule has 1 rings (SSSR count). The Labute approximate surface area is 108 Å². The molecule has 0 fully saturated rings. The standard InChI is InChI=1S/C11H12O3.Mg.2H/c1-9(12)7-11(13)14-8-10-5-3-2-4-6-10;;;/h2-6H,7-8H2,1H3;;;/q;+2;2*-1. The van der Waals surface area contributed by atoms with Crippen LogP contribution >= 0.6 is 0 Å². The van der Waals surface area contributed by atoms with Gasteiger partial charge in [-0.1, -0.05) is 30.3 Å². The monoisotopic (exact) mass is 218 g/mol. The summed E-state index contributed by atoms with van der Waals surface area (Å²) in [7, 11) is 0. The summed E-state index contributed by atoms with van der Waals surface area (Å²) in [4.78, 5) is 21.5. The third-order valence-corrected chi connectivity index (χ3v) is 1.64. The Morgan fingerprint density at radius 3 is 2.40 bits per heavy atom. The van der Waals surface area contributed by atoms with Gasteiger partial charge in [-0.3, -0.25) is 9.59 Å². The van der Waals surface area contributed by atoms with Gasteiger partial charge in [-0.15, -0.1) is 0 Å². The van der Waals surface area contributed by atoms with E-state index in [0.717, 1.165) is 5.56 Å². The molecule has 0 aliphatic heterocycles. The molecule has 0 unspecified atom stereocenters. The van der Waals surface area contributed by atoms with Gasteiger partial charge in [0.1, 0.15) is 18.8 Å². The van der Waals surface area contributed by atoms with Crippen LogP contribution in [0.2, 0.25) is 0 Å². The Balaban J connectivity index is -0.000000653. The number of benzene rings is 1. The molecule has 0 aliphatic rings. The van der Waals surface area contributed by atoms with Gasteiger partial charge in [-0.25, -0.2) is 0 Å². The molecule has 0 aromatic heterocycles. The second-order valence-electron chi connectivity index (χ2n) is 3.03. The van der Waals surface area contributed by atoms with Gasteiger partial charge in [-0.05, 0) is 12.5 Å². The minimum Gasteiger partial charge on any atom is -1.00 e. The van der Waals surface area contributed by atoms with Crippen molar-refractivity contribution in [2.75, 3.05) is 0 Å². The Hall–Kier alpha value is -0.874. The third kappa shape index (κ3) is 6.25. The van der Waals surface area contributed by atoms with E-state index >= 15 is 0 Å². The van der Waals surface area contributed by atoms with Gasteiger partial charge in [-0.2, -0.15) is 0 Å². The van der Waals surface area contributed by atoms with E-state index in [0.29, 0.717) is 0 Å². The second kappa shape index (κ2) is 7.42. The van der Waals surface area contributed by atoms with Crippen LogP contribution in [0.15, 0.2) is 30.3 Å². The predicted molar refractivity (Wildman–Crippen MR) is 59.5 cm³/mol. The van der Waals surface area contributed by atoms with Crippen molar-refractivity contribution in [1.29, 1.82) is 0 Å². The van der Waals surface area contributed by atoms with Crippen molar-refractivity contribution in [3.63, 3.8) is 0 Å². The number of ether oxygens (including phenoxy) is 1. The summed E-state index contributed by atoms with van der Waals surface area (Å²) in [6.07, 6.45) is -0.146. The quantitative estimate of drug-likeness (QED) is 0.438. The van der Waals surface area contributed by atoms with Crippen LogP contribution in [-0.2, 0) is 20.9 Å². The number of carbonyl (C=O) groups excluding carboxylic acids is 2. The number of rotatable bonds is 4. The van der Waals surface area contributed by atoms with E-state index < -0.39 is 5.97 Å². The van der Waals surface area contributed by atoms with Gasteiger partial charge in [0.05, 0.1) is 0 Å². The van der Waals surface area contributed by atoms with Crippen molar-refractivity contribution in [3.8, 4) is 0 Å². The van der Waals surface area contributed by atoms with Crippen molar-refractivity contribution in [1.82, 2.24) is 0 Å². The van der Waals surface area contributed by atoms with Crippen LogP contribution in [0.25, 0.3) is 0 Å². The molecule has 1 aromatic carbocycles. The molecule has 4 heteroatoms. The normalized spacial score (nSPS) is 8.87. The molecule has 0 heterocycles. The van der Waals surface area contributed by atoms with Gasteiger partial charge in [0.15, 0.2) is 0 Å². The molecule has 0 aliphatic carbocycles. The van der Waals surface area contributed by atoms with Gasteiger partial charge >= 0.3 is 29.0 Å². The van der Waals surface area contributed by atoms with Crippen molar-refractivity contribution in [2.45, 2.75) is 20.0 Å². The van der Waals surface area contributed by atoms with E-state index in [4.69, 9.17) is 4.74 Å². The Morgan fingerprint density at radius 2 is 1.87 bits per heavy atom. The van der Waals surface area contributed by atoms with E-state index in [2.05, 4.69) is 0 Å². The van der Waals surface area contributed by atoms with Crippen molar-refractivity contribution < 1.29 is 17.2 Å². The fourth-order valence-electron chi connectivity index (χ4n) is 0.992. The molecule has 15 heavy (non-hydrogen) atoms. The molecule has 0 saturated carbocycles. The van der Waals surface area contributed by atoms with Gasteiger partial charge in [0.25, 0.3) is 0 Å². The molecule has 0 spiro atoms. The van der Waals surface area contributed by atoms with E-state index in [9.17, 15) is 9.59 Å². The number of ketones is 1. The molecule has 0 radical (unpaired) electrons. The number of hydrogen-bond acceptors (Lipinski definition) is 3. The van der Waals surface area contributed by atoms with E-state index in [1.807, 2.05) is 30.3 Å². The van der Waals surface area contributed by atoms with Crippen LogP contribution in [0.3, 0.4) is 0 Å². The number of esters is 1. The third-order valence-electron chi connectivity index (χ3n) is 1.64. The average Bonchev–Trinajstić information content (AvgIpc) is 2.15. The Kier molecular flexibility index (Phi) is 6.99. The minimum absolute atomic E-state index is 0. The molecule has 0 amide bonds. The first-order valence-electron chi connectivity index (χ1n) is 4.37. The van der Waals surface area contributed by atoms with Gasteiger partial charge in [0.2, 0.25) is 0 Å². The average molecular weight is 219 g/mol. The smallest absolute Gasteiger partial charge is 1.00 e. The Bertz CT molecular complexity index is 331. The maximum absolute atomic E-state index is 11.0. The molecule has 78 valence electrons. The zero-order valence-electron chi connectivity index (χ0n) is 10.7. The summed E-state index contributed by atoms with van der Waals surface area (Å²) < 4.78 is 4.88. The van der Waals surface area contributed by atoms with E-state index in [1.54, 1.807) is 0 Å². The fourth-order valence-corrected chi connectivity index (χ4v) is 0.992. The summed E-state index contributed by atoms with van der Waals surface area (Å²) in [5.74, 6) is -0.649. The van der Waals surface area contributed by atoms with Crippen molar-refractivity contribution in [2.24, 2.45) is 0 Å². The minimum atomic E-state index is -0.471. The Morgan fingerprint density at radius 1 is 1.27 bits per heavy atom. The van der Waals surface area contributed by atoms with Crippen LogP contribution in [0.1, 0.15) is 21.8 Å². The van der Waals surface area contributed by atoms with Crippen LogP contribution in [-0.4, -0.2) is 34.8 Å². The summed E-state index contributed by atoms with van der Waals surface area (Å²) in [5.41, 5.74) is 0.921. The van der Waals surface area contributed by atoms with Gasteiger partial charge < -0.3 is 7.59 Å². The topological polar surface area (TPSA) is 43.4 Å². The number of carbonyl (C=O) groups is 2. The fraction of sp³-hybridized carbons (Fsp3) is 0.273. The summed E-state index contributed by atoms with van der Waals surface area (Å²) in [5, 5.41) is 0. The maximum Gasteiger partial charge on any atom is 2.00 e. The SMILES string of the molecule is CC(=O)CC(=O)OCc1ccccc1.[H-].[H-].[Mg+2]. The van der Waals surface area contributed by atoms with E-state index in [-0.39, 0.29) is 44.7 Å². The van der Waals surface area contributed by atoms with Gasteiger partial charge in [0, 0.05) is 0 Å². The second-order valence-corrected chi connectivity index (χ2v) is 3.03. The van der Waals surface area contributed by atoms with Crippen molar-refractivity contribution in [3.05, 3.63) is 35.9 Å². The zero-order chi connectivity index (χ0) is 10.4. The molecule has 0 bridgehead atoms. The molecular formula is C11H14MgO3. The predicted octanol–water partition coefficient (Wildman–Crippen LogP) is 1.55. The summed E-state index contributed by atoms with van der Waals surface area (Å²) in [6, 6.07) is 9.35. The van der Waals surface area contributed by atoms with Crippen LogP contribution in [0, 0.1) is 0 Å². The summed E-state index contributed by atoms with van der Waals surface area (Å²) in [6.45, 7) is 1.59. The first-order chi connectivity index (χ1) is 6.68. The first kappa shape index (κ1) is 14.1. The van der Waals surface area contributed by atoms with E-state index in [1.165, 1.54) is 6.92 Å². The molecule has 0 saturated heterocycles. The molecule has 1 aromatic rings.